The number of carboxylic acid groups (broad SMARTS) is 1. The predicted octanol–water partition coefficient (Wildman–Crippen LogP) is 7.64. The summed E-state index contributed by atoms with van der Waals surface area (Å²) in [7, 11) is 0. The first kappa shape index (κ1) is 24.3. The average Bonchev–Trinajstić information content (AvgIpc) is 3.23. The molecule has 0 saturated heterocycles. The maximum absolute atomic E-state index is 12.9. The molecular formula is C26H22F3NO2S2. The van der Waals surface area contributed by atoms with E-state index in [-0.39, 0.29) is 6.42 Å². The minimum atomic E-state index is -4.35. The summed E-state index contributed by atoms with van der Waals surface area (Å²) in [6.45, 7) is 2.00. The van der Waals surface area contributed by atoms with Crippen molar-refractivity contribution in [1.82, 2.24) is 4.98 Å². The molecule has 0 saturated carbocycles. The number of thiazole rings is 1. The van der Waals surface area contributed by atoms with Crippen molar-refractivity contribution in [3.63, 3.8) is 0 Å². The van der Waals surface area contributed by atoms with E-state index in [1.807, 2.05) is 37.3 Å². The number of halogens is 3. The number of aromatic nitrogens is 1. The lowest BCUT2D eigenvalue weighted by molar-refractivity contribution is -0.138. The van der Waals surface area contributed by atoms with Crippen LogP contribution in [0.2, 0.25) is 0 Å². The Morgan fingerprint density at radius 1 is 1.03 bits per heavy atom. The molecule has 0 aliphatic rings. The lowest BCUT2D eigenvalue weighted by Gasteiger charge is -2.08. The number of carbonyl (C=O) groups is 1. The number of aliphatic carboxylic acids is 1. The largest absolute Gasteiger partial charge is 0.481 e. The van der Waals surface area contributed by atoms with Crippen LogP contribution in [0.1, 0.15) is 28.7 Å². The van der Waals surface area contributed by atoms with Crippen LogP contribution in [0.25, 0.3) is 20.8 Å². The van der Waals surface area contributed by atoms with Gasteiger partial charge in [0.1, 0.15) is 5.01 Å². The van der Waals surface area contributed by atoms with Gasteiger partial charge in [0.15, 0.2) is 0 Å². The molecule has 3 aromatic carbocycles. The van der Waals surface area contributed by atoms with Gasteiger partial charge in [0.25, 0.3) is 0 Å². The van der Waals surface area contributed by atoms with Gasteiger partial charge in [-0.15, -0.1) is 23.1 Å². The number of alkyl halides is 3. The van der Waals surface area contributed by atoms with Crippen molar-refractivity contribution in [2.75, 3.05) is 5.75 Å². The number of para-hydroxylation sites is 1. The van der Waals surface area contributed by atoms with Crippen LogP contribution in [-0.4, -0.2) is 21.8 Å². The third-order valence-corrected chi connectivity index (χ3v) is 7.59. The van der Waals surface area contributed by atoms with E-state index in [0.29, 0.717) is 17.0 Å². The highest BCUT2D eigenvalue weighted by Gasteiger charge is 2.30. The van der Waals surface area contributed by atoms with Gasteiger partial charge in [-0.3, -0.25) is 4.79 Å². The highest BCUT2D eigenvalue weighted by molar-refractivity contribution is 7.99. The number of thioether (sulfide) groups is 1. The molecule has 0 radical (unpaired) electrons. The van der Waals surface area contributed by atoms with Crippen LogP contribution >= 0.6 is 23.1 Å². The molecular weight excluding hydrogens is 479 g/mol. The van der Waals surface area contributed by atoms with E-state index in [2.05, 4.69) is 6.07 Å². The number of carboxylic acids is 1. The second-order valence-corrected chi connectivity index (χ2v) is 10.1. The number of fused-ring (bicyclic) bond motifs is 1. The van der Waals surface area contributed by atoms with Crippen LogP contribution in [0.4, 0.5) is 13.2 Å². The van der Waals surface area contributed by atoms with Crippen molar-refractivity contribution in [2.45, 2.75) is 37.3 Å². The fraction of sp³-hybridized carbons (Fsp3) is 0.231. The first-order valence-electron chi connectivity index (χ1n) is 10.7. The van der Waals surface area contributed by atoms with Crippen LogP contribution in [0.3, 0.4) is 0 Å². The standard InChI is InChI=1S/C26H22F3NO2S2/c1-16-15-21(11-7-17(16)8-12-23(31)32)33-14-13-18-3-2-4-22-24(18)30-25(34-22)19-5-9-20(10-6-19)26(27,28)29/h2-7,9-11,15H,8,12-14H2,1H3,(H,31,32). The van der Waals surface area contributed by atoms with E-state index in [1.165, 1.54) is 23.5 Å². The molecule has 0 spiro atoms. The fourth-order valence-corrected chi connectivity index (χ4v) is 5.69. The normalized spacial score (nSPS) is 11.8. The molecule has 0 fully saturated rings. The zero-order chi connectivity index (χ0) is 24.3. The quantitative estimate of drug-likeness (QED) is 0.252. The molecule has 0 aliphatic heterocycles. The minimum absolute atomic E-state index is 0.124. The summed E-state index contributed by atoms with van der Waals surface area (Å²) in [5.41, 5.74) is 4.15. The highest BCUT2D eigenvalue weighted by atomic mass is 32.2. The van der Waals surface area contributed by atoms with Crippen LogP contribution in [0, 0.1) is 6.92 Å². The predicted molar refractivity (Wildman–Crippen MR) is 132 cm³/mol. The van der Waals surface area contributed by atoms with E-state index in [1.54, 1.807) is 11.8 Å². The Labute approximate surface area is 203 Å². The topological polar surface area (TPSA) is 50.2 Å². The SMILES string of the molecule is Cc1cc(SCCc2cccc3sc(-c4ccc(C(F)(F)F)cc4)nc23)ccc1CCC(=O)O. The van der Waals surface area contributed by atoms with Gasteiger partial charge in [0, 0.05) is 22.6 Å². The van der Waals surface area contributed by atoms with Crippen molar-refractivity contribution in [3.8, 4) is 10.6 Å². The molecule has 0 unspecified atom stereocenters. The van der Waals surface area contributed by atoms with Crippen LogP contribution in [0.5, 0.6) is 0 Å². The summed E-state index contributed by atoms with van der Waals surface area (Å²) in [5, 5.41) is 9.58. The van der Waals surface area contributed by atoms with E-state index in [9.17, 15) is 18.0 Å². The van der Waals surface area contributed by atoms with Gasteiger partial charge in [0.05, 0.1) is 15.8 Å². The third-order valence-electron chi connectivity index (χ3n) is 5.52. The van der Waals surface area contributed by atoms with E-state index in [4.69, 9.17) is 10.1 Å². The molecule has 0 bridgehead atoms. The maximum atomic E-state index is 12.9. The fourth-order valence-electron chi connectivity index (χ4n) is 3.69. The van der Waals surface area contributed by atoms with Crippen molar-refractivity contribution < 1.29 is 23.1 Å². The van der Waals surface area contributed by atoms with E-state index >= 15 is 0 Å². The zero-order valence-electron chi connectivity index (χ0n) is 18.4. The number of rotatable bonds is 8. The van der Waals surface area contributed by atoms with Crippen molar-refractivity contribution in [1.29, 1.82) is 0 Å². The van der Waals surface area contributed by atoms with Crippen LogP contribution < -0.4 is 0 Å². The molecule has 3 nitrogen and oxygen atoms in total. The molecule has 4 aromatic rings. The molecule has 1 heterocycles. The zero-order valence-corrected chi connectivity index (χ0v) is 20.0. The number of nitrogens with zero attached hydrogens (tertiary/aromatic N) is 1. The van der Waals surface area contributed by atoms with E-state index < -0.39 is 17.7 Å². The van der Waals surface area contributed by atoms with Crippen molar-refractivity contribution in [3.05, 3.63) is 82.9 Å². The van der Waals surface area contributed by atoms with Gasteiger partial charge in [-0.25, -0.2) is 4.98 Å². The summed E-state index contributed by atoms with van der Waals surface area (Å²) in [4.78, 5) is 16.7. The Hall–Kier alpha value is -2.84. The Kier molecular flexibility index (Phi) is 7.28. The molecule has 0 aliphatic carbocycles. The van der Waals surface area contributed by atoms with Gasteiger partial charge < -0.3 is 5.11 Å². The third kappa shape index (κ3) is 5.80. The van der Waals surface area contributed by atoms with Crippen LogP contribution in [-0.2, 0) is 23.8 Å². The summed E-state index contributed by atoms with van der Waals surface area (Å²) in [6, 6.07) is 17.3. The van der Waals surface area contributed by atoms with Crippen molar-refractivity contribution >= 4 is 39.3 Å². The first-order chi connectivity index (χ1) is 16.2. The Morgan fingerprint density at radius 2 is 1.79 bits per heavy atom. The van der Waals surface area contributed by atoms with Gasteiger partial charge in [-0.2, -0.15) is 13.2 Å². The Balaban J connectivity index is 1.44. The molecule has 0 amide bonds. The molecule has 1 aromatic heterocycles. The maximum Gasteiger partial charge on any atom is 0.416 e. The minimum Gasteiger partial charge on any atom is -0.481 e. The monoisotopic (exact) mass is 501 g/mol. The van der Waals surface area contributed by atoms with Gasteiger partial charge in [-0.1, -0.05) is 30.3 Å². The lowest BCUT2D eigenvalue weighted by Crippen LogP contribution is -2.03. The van der Waals surface area contributed by atoms with E-state index in [0.717, 1.165) is 56.1 Å². The summed E-state index contributed by atoms with van der Waals surface area (Å²) in [6.07, 6.45) is -2.90. The molecule has 176 valence electrons. The van der Waals surface area contributed by atoms with Gasteiger partial charge >= 0.3 is 12.1 Å². The first-order valence-corrected chi connectivity index (χ1v) is 12.5. The number of benzene rings is 3. The number of hydrogen-bond donors (Lipinski definition) is 1. The molecule has 34 heavy (non-hydrogen) atoms. The number of hydrogen-bond acceptors (Lipinski definition) is 4. The second-order valence-electron chi connectivity index (χ2n) is 7.94. The smallest absolute Gasteiger partial charge is 0.416 e. The second kappa shape index (κ2) is 10.2. The molecule has 8 heteroatoms. The molecule has 0 atom stereocenters. The molecule has 4 rings (SSSR count). The summed E-state index contributed by atoms with van der Waals surface area (Å²) < 4.78 is 39.6. The summed E-state index contributed by atoms with van der Waals surface area (Å²) in [5.74, 6) is 0.0516. The highest BCUT2D eigenvalue weighted by Crippen LogP contribution is 2.35. The lowest BCUT2D eigenvalue weighted by atomic mass is 10.0. The van der Waals surface area contributed by atoms with Crippen molar-refractivity contribution in [2.24, 2.45) is 0 Å². The Bertz CT molecular complexity index is 1310. The average molecular weight is 502 g/mol. The molecule has 1 N–H and O–H groups in total. The van der Waals surface area contributed by atoms with Crippen LogP contribution in [0.15, 0.2) is 65.6 Å². The number of aryl methyl sites for hydroxylation is 3. The van der Waals surface area contributed by atoms with Gasteiger partial charge in [-0.05, 0) is 66.8 Å². The Morgan fingerprint density at radius 3 is 2.47 bits per heavy atom. The summed E-state index contributed by atoms with van der Waals surface area (Å²) >= 11 is 3.21. The van der Waals surface area contributed by atoms with Gasteiger partial charge in [0.2, 0.25) is 0 Å².